The molecule has 0 bridgehead atoms. The van der Waals surface area contributed by atoms with Gasteiger partial charge in [-0.1, -0.05) is 13.0 Å². The molecule has 0 fully saturated rings. The van der Waals surface area contributed by atoms with Crippen LogP contribution in [0.2, 0.25) is 0 Å². The van der Waals surface area contributed by atoms with Gasteiger partial charge in [0.05, 0.1) is 17.9 Å². The van der Waals surface area contributed by atoms with Crippen molar-refractivity contribution < 1.29 is 8.42 Å². The maximum atomic E-state index is 12.2. The highest BCUT2D eigenvalue weighted by atomic mass is 32.2. The van der Waals surface area contributed by atoms with Gasteiger partial charge in [0.15, 0.2) is 0 Å². The fourth-order valence-corrected chi connectivity index (χ4v) is 2.87. The standard InChI is InChI=1S/C13H16N4O2S/c1-2-10-4-3-6-16-12(10)8-17-20(18,19)13-9-15-7-5-11(13)14/h3-7,9,17H,2,8H2,1H3,(H2,14,15). The van der Waals surface area contributed by atoms with Crippen LogP contribution in [0.5, 0.6) is 0 Å². The highest BCUT2D eigenvalue weighted by molar-refractivity contribution is 7.89. The Morgan fingerprint density at radius 3 is 2.80 bits per heavy atom. The summed E-state index contributed by atoms with van der Waals surface area (Å²) in [5.41, 5.74) is 7.55. The number of nitrogens with one attached hydrogen (secondary N) is 1. The van der Waals surface area contributed by atoms with Crippen molar-refractivity contribution in [1.29, 1.82) is 0 Å². The van der Waals surface area contributed by atoms with E-state index in [1.54, 1.807) is 6.20 Å². The molecule has 7 heteroatoms. The van der Waals surface area contributed by atoms with Crippen LogP contribution < -0.4 is 10.5 Å². The maximum absolute atomic E-state index is 12.2. The molecule has 0 atom stereocenters. The van der Waals surface area contributed by atoms with Gasteiger partial charge < -0.3 is 5.73 Å². The van der Waals surface area contributed by atoms with Crippen LogP contribution in [0.4, 0.5) is 5.69 Å². The van der Waals surface area contributed by atoms with E-state index >= 15 is 0 Å². The van der Waals surface area contributed by atoms with Crippen molar-refractivity contribution in [2.45, 2.75) is 24.8 Å². The molecule has 0 aliphatic carbocycles. The lowest BCUT2D eigenvalue weighted by Crippen LogP contribution is -2.25. The fourth-order valence-electron chi connectivity index (χ4n) is 1.81. The van der Waals surface area contributed by atoms with E-state index in [4.69, 9.17) is 5.73 Å². The first-order chi connectivity index (χ1) is 9.54. The van der Waals surface area contributed by atoms with Crippen LogP contribution in [0.1, 0.15) is 18.2 Å². The van der Waals surface area contributed by atoms with Gasteiger partial charge in [-0.25, -0.2) is 13.1 Å². The third kappa shape index (κ3) is 3.12. The highest BCUT2D eigenvalue weighted by Gasteiger charge is 2.17. The first-order valence-corrected chi connectivity index (χ1v) is 7.65. The lowest BCUT2D eigenvalue weighted by molar-refractivity contribution is 0.580. The number of rotatable bonds is 5. The Morgan fingerprint density at radius 1 is 1.30 bits per heavy atom. The molecule has 2 aromatic rings. The number of sulfonamides is 1. The van der Waals surface area contributed by atoms with Crippen molar-refractivity contribution >= 4 is 15.7 Å². The molecule has 106 valence electrons. The molecule has 0 saturated carbocycles. The lowest BCUT2D eigenvalue weighted by Gasteiger charge is -2.10. The van der Waals surface area contributed by atoms with E-state index in [1.165, 1.54) is 18.5 Å². The molecule has 0 amide bonds. The molecule has 6 nitrogen and oxygen atoms in total. The van der Waals surface area contributed by atoms with Crippen LogP contribution >= 0.6 is 0 Å². The molecule has 0 unspecified atom stereocenters. The zero-order chi connectivity index (χ0) is 14.6. The van der Waals surface area contributed by atoms with Crippen molar-refractivity contribution in [2.75, 3.05) is 5.73 Å². The number of nitrogen functional groups attached to an aromatic ring is 1. The zero-order valence-electron chi connectivity index (χ0n) is 11.1. The Kier molecular flexibility index (Phi) is 4.31. The fraction of sp³-hybridized carbons (Fsp3) is 0.231. The number of hydrogen-bond acceptors (Lipinski definition) is 5. The van der Waals surface area contributed by atoms with Gasteiger partial charge in [-0.2, -0.15) is 0 Å². The van der Waals surface area contributed by atoms with Gasteiger partial charge in [-0.05, 0) is 24.1 Å². The van der Waals surface area contributed by atoms with Gasteiger partial charge >= 0.3 is 0 Å². The molecule has 20 heavy (non-hydrogen) atoms. The lowest BCUT2D eigenvalue weighted by atomic mass is 10.1. The number of aromatic nitrogens is 2. The van der Waals surface area contributed by atoms with Gasteiger partial charge in [0.2, 0.25) is 10.0 Å². The molecule has 0 spiro atoms. The molecular weight excluding hydrogens is 276 g/mol. The van der Waals surface area contributed by atoms with E-state index in [9.17, 15) is 8.42 Å². The molecule has 3 N–H and O–H groups in total. The molecule has 0 saturated heterocycles. The monoisotopic (exact) mass is 292 g/mol. The number of hydrogen-bond donors (Lipinski definition) is 2. The summed E-state index contributed by atoms with van der Waals surface area (Å²) in [7, 11) is -3.69. The number of pyridine rings is 2. The smallest absolute Gasteiger partial charge is 0.244 e. The molecule has 2 heterocycles. The Hall–Kier alpha value is -1.99. The number of anilines is 1. The van der Waals surface area contributed by atoms with Crippen LogP contribution in [0.25, 0.3) is 0 Å². The van der Waals surface area contributed by atoms with Crippen molar-refractivity contribution in [1.82, 2.24) is 14.7 Å². The molecule has 2 rings (SSSR count). The molecular formula is C13H16N4O2S. The van der Waals surface area contributed by atoms with Crippen LogP contribution in [-0.2, 0) is 23.0 Å². The Bertz CT molecular complexity index is 701. The predicted octanol–water partition coefficient (Wildman–Crippen LogP) is 1.10. The summed E-state index contributed by atoms with van der Waals surface area (Å²) < 4.78 is 26.8. The maximum Gasteiger partial charge on any atom is 0.244 e. The minimum absolute atomic E-state index is 0.0195. The van der Waals surface area contributed by atoms with Crippen LogP contribution in [-0.4, -0.2) is 18.4 Å². The first kappa shape index (κ1) is 14.4. The summed E-state index contributed by atoms with van der Waals surface area (Å²) in [6.45, 7) is 2.12. The molecule has 2 aromatic heterocycles. The summed E-state index contributed by atoms with van der Waals surface area (Å²) in [5, 5.41) is 0. The highest BCUT2D eigenvalue weighted by Crippen LogP contribution is 2.16. The first-order valence-electron chi connectivity index (χ1n) is 6.16. The van der Waals surface area contributed by atoms with Gasteiger partial charge in [-0.15, -0.1) is 0 Å². The van der Waals surface area contributed by atoms with E-state index in [0.717, 1.165) is 12.0 Å². The van der Waals surface area contributed by atoms with Crippen LogP contribution in [0, 0.1) is 0 Å². The second-order valence-corrected chi connectivity index (χ2v) is 5.94. The normalized spacial score (nSPS) is 11.4. The average Bonchev–Trinajstić information content (AvgIpc) is 2.46. The summed E-state index contributed by atoms with van der Waals surface area (Å²) in [6, 6.07) is 5.21. The van der Waals surface area contributed by atoms with E-state index in [0.29, 0.717) is 5.69 Å². The molecule has 0 radical (unpaired) electrons. The Morgan fingerprint density at radius 2 is 2.10 bits per heavy atom. The third-order valence-corrected chi connectivity index (χ3v) is 4.35. The Labute approximate surface area is 118 Å². The van der Waals surface area contributed by atoms with Gasteiger partial charge in [0.1, 0.15) is 4.90 Å². The van der Waals surface area contributed by atoms with Crippen molar-refractivity contribution in [3.05, 3.63) is 48.0 Å². The summed E-state index contributed by atoms with van der Waals surface area (Å²) >= 11 is 0. The van der Waals surface area contributed by atoms with Gasteiger partial charge in [-0.3, -0.25) is 9.97 Å². The second-order valence-electron chi connectivity index (χ2n) is 4.20. The quantitative estimate of drug-likeness (QED) is 0.860. The molecule has 0 aromatic carbocycles. The third-order valence-electron chi connectivity index (χ3n) is 2.90. The SMILES string of the molecule is CCc1cccnc1CNS(=O)(=O)c1cnccc1N. The molecule has 0 aliphatic rings. The molecule has 0 aliphatic heterocycles. The van der Waals surface area contributed by atoms with Crippen LogP contribution in [0.3, 0.4) is 0 Å². The average molecular weight is 292 g/mol. The summed E-state index contributed by atoms with van der Waals surface area (Å²) in [6.07, 6.45) is 5.11. The van der Waals surface area contributed by atoms with E-state index in [-0.39, 0.29) is 17.1 Å². The predicted molar refractivity (Wildman–Crippen MR) is 76.3 cm³/mol. The number of nitrogens with zero attached hydrogens (tertiary/aromatic N) is 2. The van der Waals surface area contributed by atoms with Crippen molar-refractivity contribution in [2.24, 2.45) is 0 Å². The van der Waals surface area contributed by atoms with Crippen molar-refractivity contribution in [3.63, 3.8) is 0 Å². The topological polar surface area (TPSA) is 98.0 Å². The largest absolute Gasteiger partial charge is 0.398 e. The van der Waals surface area contributed by atoms with E-state index in [2.05, 4.69) is 14.7 Å². The van der Waals surface area contributed by atoms with E-state index < -0.39 is 10.0 Å². The van der Waals surface area contributed by atoms with Gasteiger partial charge in [0.25, 0.3) is 0 Å². The minimum Gasteiger partial charge on any atom is -0.398 e. The Balaban J connectivity index is 2.20. The van der Waals surface area contributed by atoms with Crippen molar-refractivity contribution in [3.8, 4) is 0 Å². The second kappa shape index (κ2) is 5.98. The zero-order valence-corrected chi connectivity index (χ0v) is 11.9. The van der Waals surface area contributed by atoms with Crippen LogP contribution in [0.15, 0.2) is 41.7 Å². The van der Waals surface area contributed by atoms with Gasteiger partial charge in [0, 0.05) is 18.6 Å². The number of aryl methyl sites for hydroxylation is 1. The summed E-state index contributed by atoms with van der Waals surface area (Å²) in [4.78, 5) is 7.96. The summed E-state index contributed by atoms with van der Waals surface area (Å²) in [5.74, 6) is 0. The minimum atomic E-state index is -3.69. The van der Waals surface area contributed by atoms with E-state index in [1.807, 2.05) is 19.1 Å². The number of nitrogens with two attached hydrogens (primary N) is 1.